The minimum Gasteiger partial charge on any atom is -0.494 e. The van der Waals surface area contributed by atoms with E-state index < -0.39 is 0 Å². The molecule has 2 aromatic heterocycles. The highest BCUT2D eigenvalue weighted by Gasteiger charge is 2.13. The van der Waals surface area contributed by atoms with E-state index in [2.05, 4.69) is 32.3 Å². The van der Waals surface area contributed by atoms with Crippen LogP contribution in [-0.4, -0.2) is 40.8 Å². The summed E-state index contributed by atoms with van der Waals surface area (Å²) in [6.45, 7) is 4.90. The number of nitrogens with zero attached hydrogens (tertiary/aromatic N) is 4. The van der Waals surface area contributed by atoms with Crippen molar-refractivity contribution < 1.29 is 4.74 Å². The van der Waals surface area contributed by atoms with Gasteiger partial charge in [-0.1, -0.05) is 0 Å². The first-order chi connectivity index (χ1) is 13.7. The number of nitrogens with one attached hydrogen (secondary N) is 1. The Labute approximate surface area is 173 Å². The van der Waals surface area contributed by atoms with E-state index in [9.17, 15) is 0 Å². The van der Waals surface area contributed by atoms with E-state index in [0.29, 0.717) is 17.2 Å². The maximum absolute atomic E-state index is 5.50. The van der Waals surface area contributed by atoms with Gasteiger partial charge in [-0.15, -0.1) is 11.3 Å². The molecule has 0 saturated carbocycles. The van der Waals surface area contributed by atoms with Crippen LogP contribution in [0.25, 0.3) is 11.4 Å². The standard InChI is InChI=1S/C20H23N5OS2/c1-2-26-16-8-6-15(7-9-16)19-22-23-20(27)25(19)21-14-17-10-11-18(28-17)24-12-4-3-5-13-24/h6-11,14H,2-5,12-13H2,1H3,(H,23,27)/b21-14-. The van der Waals surface area contributed by atoms with Crippen molar-refractivity contribution in [3.05, 3.63) is 46.0 Å². The summed E-state index contributed by atoms with van der Waals surface area (Å²) in [6, 6.07) is 12.1. The van der Waals surface area contributed by atoms with Crippen LogP contribution < -0.4 is 9.64 Å². The lowest BCUT2D eigenvalue weighted by atomic mass is 10.1. The smallest absolute Gasteiger partial charge is 0.216 e. The number of piperidine rings is 1. The Morgan fingerprint density at radius 3 is 2.71 bits per heavy atom. The molecular formula is C20H23N5OS2. The summed E-state index contributed by atoms with van der Waals surface area (Å²) in [7, 11) is 0. The van der Waals surface area contributed by atoms with Gasteiger partial charge >= 0.3 is 0 Å². The second-order valence-corrected chi connectivity index (χ2v) is 8.07. The van der Waals surface area contributed by atoms with Crippen LogP contribution in [0.2, 0.25) is 0 Å². The van der Waals surface area contributed by atoms with E-state index in [4.69, 9.17) is 17.0 Å². The average Bonchev–Trinajstić information content (AvgIpc) is 3.35. The Balaban J connectivity index is 1.54. The Morgan fingerprint density at radius 2 is 1.96 bits per heavy atom. The van der Waals surface area contributed by atoms with Crippen molar-refractivity contribution in [1.29, 1.82) is 0 Å². The van der Waals surface area contributed by atoms with Gasteiger partial charge in [0.15, 0.2) is 5.82 Å². The fourth-order valence-corrected chi connectivity index (χ4v) is 4.37. The summed E-state index contributed by atoms with van der Waals surface area (Å²) in [5.74, 6) is 1.51. The van der Waals surface area contributed by atoms with Crippen LogP contribution in [0, 0.1) is 4.77 Å². The molecule has 1 aliphatic heterocycles. The van der Waals surface area contributed by atoms with Gasteiger partial charge in [0.05, 0.1) is 17.8 Å². The number of benzene rings is 1. The van der Waals surface area contributed by atoms with Gasteiger partial charge in [0.1, 0.15) is 5.75 Å². The van der Waals surface area contributed by atoms with Gasteiger partial charge in [-0.05, 0) is 74.8 Å². The molecule has 28 heavy (non-hydrogen) atoms. The number of ether oxygens (including phenoxy) is 1. The minimum absolute atomic E-state index is 0.466. The molecule has 0 spiro atoms. The maximum Gasteiger partial charge on any atom is 0.216 e. The first kappa shape index (κ1) is 18.9. The third-order valence-electron chi connectivity index (χ3n) is 4.65. The first-order valence-electron chi connectivity index (χ1n) is 9.54. The Hall–Kier alpha value is -2.45. The molecule has 0 aliphatic carbocycles. The molecule has 6 nitrogen and oxygen atoms in total. The topological polar surface area (TPSA) is 58.4 Å². The number of thiophene rings is 1. The monoisotopic (exact) mass is 413 g/mol. The van der Waals surface area contributed by atoms with Crippen LogP contribution in [0.5, 0.6) is 5.75 Å². The average molecular weight is 414 g/mol. The summed E-state index contributed by atoms with van der Waals surface area (Å²) in [5, 5.41) is 13.1. The summed E-state index contributed by atoms with van der Waals surface area (Å²) < 4.78 is 7.63. The van der Waals surface area contributed by atoms with Gasteiger partial charge < -0.3 is 9.64 Å². The zero-order valence-electron chi connectivity index (χ0n) is 15.8. The molecule has 0 atom stereocenters. The highest BCUT2D eigenvalue weighted by molar-refractivity contribution is 7.71. The molecule has 1 N–H and O–H groups in total. The second kappa shape index (κ2) is 8.70. The Bertz CT molecular complexity index is 996. The number of H-pyrrole nitrogens is 1. The van der Waals surface area contributed by atoms with Gasteiger partial charge in [-0.25, -0.2) is 5.10 Å². The first-order valence-corrected chi connectivity index (χ1v) is 10.8. The molecule has 8 heteroatoms. The van der Waals surface area contributed by atoms with E-state index in [-0.39, 0.29) is 0 Å². The predicted octanol–water partition coefficient (Wildman–Crippen LogP) is 4.94. The van der Waals surface area contributed by atoms with Crippen LogP contribution >= 0.6 is 23.6 Å². The molecule has 1 aromatic carbocycles. The van der Waals surface area contributed by atoms with Crippen LogP contribution in [0.15, 0.2) is 41.5 Å². The number of aromatic nitrogens is 3. The third-order valence-corrected chi connectivity index (χ3v) is 6.00. The molecule has 1 saturated heterocycles. The van der Waals surface area contributed by atoms with Crippen LogP contribution in [0.4, 0.5) is 5.00 Å². The SMILES string of the molecule is CCOc1ccc(-c2n[nH]c(=S)n2/N=C\c2ccc(N3CCCCC3)s2)cc1. The van der Waals surface area contributed by atoms with Gasteiger partial charge in [-0.3, -0.25) is 0 Å². The van der Waals surface area contributed by atoms with Crippen LogP contribution in [0.1, 0.15) is 31.1 Å². The molecule has 0 amide bonds. The molecule has 3 aromatic rings. The maximum atomic E-state index is 5.50. The van der Waals surface area contributed by atoms with E-state index in [1.54, 1.807) is 16.0 Å². The number of rotatable bonds is 6. The molecule has 146 valence electrons. The van der Waals surface area contributed by atoms with E-state index in [1.807, 2.05) is 37.4 Å². The number of hydrogen-bond donors (Lipinski definition) is 1. The summed E-state index contributed by atoms with van der Waals surface area (Å²) >= 11 is 7.12. The highest BCUT2D eigenvalue weighted by atomic mass is 32.1. The largest absolute Gasteiger partial charge is 0.494 e. The van der Waals surface area contributed by atoms with Gasteiger partial charge in [0.25, 0.3) is 0 Å². The molecule has 0 radical (unpaired) electrons. The molecule has 1 fully saturated rings. The molecule has 3 heterocycles. The van der Waals surface area contributed by atoms with Crippen molar-refractivity contribution in [2.75, 3.05) is 24.6 Å². The van der Waals surface area contributed by atoms with Crippen LogP contribution in [-0.2, 0) is 0 Å². The third kappa shape index (κ3) is 4.18. The van der Waals surface area contributed by atoms with Gasteiger partial charge in [0, 0.05) is 23.5 Å². The summed E-state index contributed by atoms with van der Waals surface area (Å²) in [5.41, 5.74) is 0.924. The number of aromatic amines is 1. The van der Waals surface area contributed by atoms with Gasteiger partial charge in [-0.2, -0.15) is 14.9 Å². The number of hydrogen-bond acceptors (Lipinski definition) is 6. The summed E-state index contributed by atoms with van der Waals surface area (Å²) in [4.78, 5) is 3.56. The Kier molecular flexibility index (Phi) is 5.87. The molecule has 0 unspecified atom stereocenters. The van der Waals surface area contributed by atoms with E-state index >= 15 is 0 Å². The fourth-order valence-electron chi connectivity index (χ4n) is 3.26. The lowest BCUT2D eigenvalue weighted by Crippen LogP contribution is -2.28. The van der Waals surface area contributed by atoms with Gasteiger partial charge in [0.2, 0.25) is 4.77 Å². The minimum atomic E-state index is 0.466. The zero-order valence-corrected chi connectivity index (χ0v) is 17.4. The summed E-state index contributed by atoms with van der Waals surface area (Å²) in [6.07, 6.45) is 5.73. The van der Waals surface area contributed by atoms with E-state index in [0.717, 1.165) is 29.3 Å². The second-order valence-electron chi connectivity index (χ2n) is 6.59. The lowest BCUT2D eigenvalue weighted by molar-refractivity contribution is 0.340. The number of anilines is 1. The lowest BCUT2D eigenvalue weighted by Gasteiger charge is -2.27. The molecular weight excluding hydrogens is 390 g/mol. The predicted molar refractivity (Wildman–Crippen MR) is 117 cm³/mol. The molecule has 0 bridgehead atoms. The van der Waals surface area contributed by atoms with Crippen LogP contribution in [0.3, 0.4) is 0 Å². The van der Waals surface area contributed by atoms with E-state index in [1.165, 1.54) is 24.3 Å². The highest BCUT2D eigenvalue weighted by Crippen LogP contribution is 2.28. The quantitative estimate of drug-likeness (QED) is 0.459. The zero-order chi connectivity index (χ0) is 19.3. The van der Waals surface area contributed by atoms with Crippen molar-refractivity contribution >= 4 is 34.8 Å². The van der Waals surface area contributed by atoms with Crippen molar-refractivity contribution in [2.24, 2.45) is 5.10 Å². The van der Waals surface area contributed by atoms with Crippen molar-refractivity contribution in [3.8, 4) is 17.1 Å². The molecule has 1 aliphatic rings. The van der Waals surface area contributed by atoms with Crippen molar-refractivity contribution in [1.82, 2.24) is 14.9 Å². The Morgan fingerprint density at radius 1 is 1.18 bits per heavy atom. The fraction of sp³-hybridized carbons (Fsp3) is 0.350. The van der Waals surface area contributed by atoms with Crippen molar-refractivity contribution in [3.63, 3.8) is 0 Å². The van der Waals surface area contributed by atoms with Crippen molar-refractivity contribution in [2.45, 2.75) is 26.2 Å². The normalized spacial score (nSPS) is 14.7. The molecule has 4 rings (SSSR count).